The van der Waals surface area contributed by atoms with E-state index in [9.17, 15) is 0 Å². The van der Waals surface area contributed by atoms with Crippen molar-refractivity contribution in [3.8, 4) is 0 Å². The van der Waals surface area contributed by atoms with E-state index in [0.29, 0.717) is 0 Å². The molecule has 0 radical (unpaired) electrons. The largest absolute Gasteiger partial charge is 0.279 e. The van der Waals surface area contributed by atoms with Crippen molar-refractivity contribution in [2.24, 2.45) is 0 Å². The lowest BCUT2D eigenvalue weighted by molar-refractivity contribution is 0.136. The molecule has 0 fully saturated rings. The molecule has 1 aromatic rings. The summed E-state index contributed by atoms with van der Waals surface area (Å²) in [7, 11) is 1.60. The summed E-state index contributed by atoms with van der Waals surface area (Å²) >= 11 is 0. The van der Waals surface area contributed by atoms with Gasteiger partial charge in [-0.3, -0.25) is 10.3 Å². The first kappa shape index (κ1) is 8.81. The maximum absolute atomic E-state index is 4.83. The number of hydroxylamine groups is 1. The lowest BCUT2D eigenvalue weighted by Crippen LogP contribution is -2.09. The Morgan fingerprint density at radius 1 is 1.33 bits per heavy atom. The summed E-state index contributed by atoms with van der Waals surface area (Å²) in [6.45, 7) is 1.97. The van der Waals surface area contributed by atoms with Crippen LogP contribution in [-0.2, 0) is 4.84 Å². The molecule has 0 amide bonds. The van der Waals surface area contributed by atoms with E-state index >= 15 is 0 Å². The molecule has 0 atom stereocenters. The highest BCUT2D eigenvalue weighted by Crippen LogP contribution is 2.09. The minimum Gasteiger partial charge on any atom is -0.279 e. The molecule has 12 heavy (non-hydrogen) atoms. The predicted octanol–water partition coefficient (Wildman–Crippen LogP) is 2.20. The van der Waals surface area contributed by atoms with Crippen LogP contribution in [0.3, 0.4) is 0 Å². The zero-order valence-corrected chi connectivity index (χ0v) is 7.37. The number of hydrogen-bond donors (Lipinski definition) is 1. The Kier molecular flexibility index (Phi) is 3.35. The Bertz CT molecular complexity index is 254. The molecule has 64 valence electrons. The van der Waals surface area contributed by atoms with Gasteiger partial charge in [-0.25, -0.2) is 0 Å². The van der Waals surface area contributed by atoms with Gasteiger partial charge in [-0.2, -0.15) is 0 Å². The number of rotatable bonds is 3. The summed E-state index contributed by atoms with van der Waals surface area (Å²) in [5.41, 5.74) is 4.92. The fourth-order valence-electron chi connectivity index (χ4n) is 1.01. The summed E-state index contributed by atoms with van der Waals surface area (Å²) in [5.74, 6) is 0. The van der Waals surface area contributed by atoms with Gasteiger partial charge in [0.15, 0.2) is 0 Å². The van der Waals surface area contributed by atoms with Gasteiger partial charge in [0.25, 0.3) is 0 Å². The monoisotopic (exact) mass is 163 g/mol. The SMILES string of the molecule is C/C=C(/NOC)c1ccccc1. The Balaban J connectivity index is 2.82. The lowest BCUT2D eigenvalue weighted by atomic mass is 10.1. The summed E-state index contributed by atoms with van der Waals surface area (Å²) in [6.07, 6.45) is 1.97. The van der Waals surface area contributed by atoms with Gasteiger partial charge in [-0.1, -0.05) is 36.4 Å². The van der Waals surface area contributed by atoms with Crippen LogP contribution < -0.4 is 5.48 Å². The summed E-state index contributed by atoms with van der Waals surface area (Å²) in [4.78, 5) is 4.83. The van der Waals surface area contributed by atoms with Crippen LogP contribution in [0.15, 0.2) is 36.4 Å². The molecular weight excluding hydrogens is 150 g/mol. The molecule has 0 saturated heterocycles. The fourth-order valence-corrected chi connectivity index (χ4v) is 1.01. The third kappa shape index (κ3) is 2.10. The van der Waals surface area contributed by atoms with Crippen molar-refractivity contribution in [2.75, 3.05) is 7.11 Å². The highest BCUT2D eigenvalue weighted by atomic mass is 16.6. The molecule has 0 unspecified atom stereocenters. The second kappa shape index (κ2) is 4.57. The van der Waals surface area contributed by atoms with Crippen LogP contribution in [0.4, 0.5) is 0 Å². The maximum Gasteiger partial charge on any atom is 0.0636 e. The molecular formula is C10H13NO. The molecule has 2 heteroatoms. The average molecular weight is 163 g/mol. The van der Waals surface area contributed by atoms with Crippen LogP contribution in [0.25, 0.3) is 5.70 Å². The molecule has 0 aliphatic rings. The molecule has 0 saturated carbocycles. The second-order valence-electron chi connectivity index (χ2n) is 2.37. The van der Waals surface area contributed by atoms with E-state index < -0.39 is 0 Å². The van der Waals surface area contributed by atoms with E-state index in [2.05, 4.69) is 5.48 Å². The Morgan fingerprint density at radius 2 is 2.00 bits per heavy atom. The number of benzene rings is 1. The predicted molar refractivity (Wildman–Crippen MR) is 50.2 cm³/mol. The number of allylic oxidation sites excluding steroid dienone is 1. The molecule has 0 spiro atoms. The summed E-state index contributed by atoms with van der Waals surface area (Å²) in [5, 5.41) is 0. The van der Waals surface area contributed by atoms with Crippen molar-refractivity contribution in [2.45, 2.75) is 6.92 Å². The topological polar surface area (TPSA) is 21.3 Å². The van der Waals surface area contributed by atoms with Crippen LogP contribution in [0.1, 0.15) is 12.5 Å². The molecule has 1 rings (SSSR count). The quantitative estimate of drug-likeness (QED) is 0.690. The number of hydrogen-bond acceptors (Lipinski definition) is 2. The van der Waals surface area contributed by atoms with Gasteiger partial charge < -0.3 is 0 Å². The Hall–Kier alpha value is -1.28. The molecule has 0 aromatic heterocycles. The first-order valence-electron chi connectivity index (χ1n) is 3.89. The third-order valence-corrected chi connectivity index (χ3v) is 1.59. The zero-order valence-electron chi connectivity index (χ0n) is 7.37. The minimum atomic E-state index is 0.984. The minimum absolute atomic E-state index is 0.984. The van der Waals surface area contributed by atoms with Crippen LogP contribution in [0.5, 0.6) is 0 Å². The molecule has 2 nitrogen and oxygen atoms in total. The zero-order chi connectivity index (χ0) is 8.81. The number of nitrogens with one attached hydrogen (secondary N) is 1. The van der Waals surface area contributed by atoms with E-state index in [-0.39, 0.29) is 0 Å². The van der Waals surface area contributed by atoms with E-state index in [1.807, 2.05) is 43.3 Å². The van der Waals surface area contributed by atoms with Gasteiger partial charge >= 0.3 is 0 Å². The van der Waals surface area contributed by atoms with Gasteiger partial charge in [0.2, 0.25) is 0 Å². The first-order chi connectivity index (χ1) is 5.88. The molecule has 1 N–H and O–H groups in total. The van der Waals surface area contributed by atoms with Crippen molar-refractivity contribution in [3.63, 3.8) is 0 Å². The van der Waals surface area contributed by atoms with E-state index in [4.69, 9.17) is 4.84 Å². The van der Waals surface area contributed by atoms with Crippen molar-refractivity contribution in [1.29, 1.82) is 0 Å². The molecule has 1 aromatic carbocycles. The van der Waals surface area contributed by atoms with Crippen molar-refractivity contribution in [1.82, 2.24) is 5.48 Å². The third-order valence-electron chi connectivity index (χ3n) is 1.59. The lowest BCUT2D eigenvalue weighted by Gasteiger charge is -2.07. The summed E-state index contributed by atoms with van der Waals surface area (Å²) < 4.78 is 0. The van der Waals surface area contributed by atoms with Crippen LogP contribution >= 0.6 is 0 Å². The highest BCUT2D eigenvalue weighted by Gasteiger charge is 1.95. The van der Waals surface area contributed by atoms with E-state index in [1.165, 1.54) is 0 Å². The fraction of sp³-hybridized carbons (Fsp3) is 0.200. The maximum atomic E-state index is 4.83. The van der Waals surface area contributed by atoms with Gasteiger partial charge in [0.05, 0.1) is 12.8 Å². The van der Waals surface area contributed by atoms with Crippen molar-refractivity contribution >= 4 is 5.70 Å². The van der Waals surface area contributed by atoms with Gasteiger partial charge in [0, 0.05) is 0 Å². The van der Waals surface area contributed by atoms with Crippen LogP contribution in [0.2, 0.25) is 0 Å². The first-order valence-corrected chi connectivity index (χ1v) is 3.89. The van der Waals surface area contributed by atoms with Crippen LogP contribution in [0, 0.1) is 0 Å². The van der Waals surface area contributed by atoms with Crippen molar-refractivity contribution in [3.05, 3.63) is 42.0 Å². The smallest absolute Gasteiger partial charge is 0.0636 e. The molecule has 0 aliphatic heterocycles. The normalized spacial score (nSPS) is 11.3. The van der Waals surface area contributed by atoms with Gasteiger partial charge in [-0.15, -0.1) is 0 Å². The summed E-state index contributed by atoms with van der Waals surface area (Å²) in [6, 6.07) is 10.0. The molecule has 0 bridgehead atoms. The Morgan fingerprint density at radius 3 is 2.50 bits per heavy atom. The Labute approximate surface area is 72.8 Å². The highest BCUT2D eigenvalue weighted by molar-refractivity contribution is 5.62. The van der Waals surface area contributed by atoms with E-state index in [1.54, 1.807) is 7.11 Å². The second-order valence-corrected chi connectivity index (χ2v) is 2.37. The average Bonchev–Trinajstić information content (AvgIpc) is 2.15. The van der Waals surface area contributed by atoms with E-state index in [0.717, 1.165) is 11.3 Å². The molecule has 0 aliphatic carbocycles. The molecule has 0 heterocycles. The van der Waals surface area contributed by atoms with Gasteiger partial charge in [-0.05, 0) is 12.5 Å². The standard InChI is InChI=1S/C10H13NO/c1-3-10(11-12-2)9-7-5-4-6-8-9/h3-8,11H,1-2H3/b10-3+. The van der Waals surface area contributed by atoms with Gasteiger partial charge in [0.1, 0.15) is 0 Å². The van der Waals surface area contributed by atoms with Crippen molar-refractivity contribution < 1.29 is 4.84 Å². The van der Waals surface area contributed by atoms with Crippen LogP contribution in [-0.4, -0.2) is 7.11 Å².